The average Bonchev–Trinajstić information content (AvgIpc) is 3.20. The summed E-state index contributed by atoms with van der Waals surface area (Å²) in [7, 11) is 1.46. The number of anilines is 2. The summed E-state index contributed by atoms with van der Waals surface area (Å²) < 4.78 is 109. The number of ether oxygens (including phenoxy) is 1. The molecule has 2 aromatic carbocycles. The first-order chi connectivity index (χ1) is 19.7. The van der Waals surface area contributed by atoms with Crippen LogP contribution in [-0.2, 0) is 18.4 Å². The van der Waals surface area contributed by atoms with Crippen molar-refractivity contribution in [2.75, 3.05) is 18.5 Å². The summed E-state index contributed by atoms with van der Waals surface area (Å²) in [6.45, 7) is -1.79. The summed E-state index contributed by atoms with van der Waals surface area (Å²) in [4.78, 5) is 29.0. The first kappa shape index (κ1) is 34.0. The highest BCUT2D eigenvalue weighted by Crippen LogP contribution is 2.39. The van der Waals surface area contributed by atoms with Crippen molar-refractivity contribution < 1.29 is 49.4 Å². The molecular formula is C25H23Cl2F8N5O3. The molecule has 236 valence electrons. The van der Waals surface area contributed by atoms with E-state index in [9.17, 15) is 44.7 Å². The van der Waals surface area contributed by atoms with Crippen LogP contribution in [0, 0.1) is 5.41 Å². The third-order valence-electron chi connectivity index (χ3n) is 6.16. The van der Waals surface area contributed by atoms with E-state index in [1.54, 1.807) is 5.32 Å². The summed E-state index contributed by atoms with van der Waals surface area (Å²) in [5.74, 6) is -2.97. The van der Waals surface area contributed by atoms with Crippen molar-refractivity contribution >= 4 is 57.7 Å². The van der Waals surface area contributed by atoms with Crippen LogP contribution in [0.15, 0.2) is 24.3 Å². The van der Waals surface area contributed by atoms with Crippen LogP contribution in [0.5, 0.6) is 5.75 Å². The van der Waals surface area contributed by atoms with Crippen LogP contribution in [0.25, 0.3) is 11.0 Å². The number of halogens is 10. The molecule has 0 radical (unpaired) electrons. The Bertz CT molecular complexity index is 1520. The molecule has 0 unspecified atom stereocenters. The summed E-state index contributed by atoms with van der Waals surface area (Å²) in [5, 5.41) is 6.61. The molecule has 0 saturated carbocycles. The van der Waals surface area contributed by atoms with E-state index in [2.05, 4.69) is 15.6 Å². The van der Waals surface area contributed by atoms with Gasteiger partial charge in [-0.05, 0) is 31.5 Å². The lowest BCUT2D eigenvalue weighted by Gasteiger charge is -2.26. The Kier molecular flexibility index (Phi) is 9.95. The third-order valence-corrected chi connectivity index (χ3v) is 6.91. The van der Waals surface area contributed by atoms with Gasteiger partial charge in [0.15, 0.2) is 0 Å². The van der Waals surface area contributed by atoms with E-state index in [0.717, 1.165) is 26.0 Å². The molecule has 0 fully saturated rings. The molecular weight excluding hydrogens is 641 g/mol. The number of hydrogen-bond acceptors (Lipinski definition) is 5. The number of benzene rings is 2. The molecule has 3 rings (SSSR count). The van der Waals surface area contributed by atoms with Crippen LogP contribution >= 0.6 is 23.2 Å². The molecule has 3 N–H and O–H groups in total. The molecule has 0 atom stereocenters. The third kappa shape index (κ3) is 7.90. The zero-order valence-electron chi connectivity index (χ0n) is 22.4. The van der Waals surface area contributed by atoms with E-state index in [4.69, 9.17) is 27.9 Å². The monoisotopic (exact) mass is 663 g/mol. The highest BCUT2D eigenvalue weighted by atomic mass is 35.5. The lowest BCUT2D eigenvalue weighted by Crippen LogP contribution is -2.46. The Balaban J connectivity index is 1.95. The average molecular weight is 664 g/mol. The van der Waals surface area contributed by atoms with Crippen LogP contribution in [0.3, 0.4) is 0 Å². The van der Waals surface area contributed by atoms with E-state index >= 15 is 0 Å². The molecule has 0 bridgehead atoms. The molecule has 3 aromatic rings. The Hall–Kier alpha value is -3.53. The normalized spacial score (nSPS) is 12.5. The van der Waals surface area contributed by atoms with Gasteiger partial charge in [0.2, 0.25) is 11.9 Å². The van der Waals surface area contributed by atoms with Gasteiger partial charge in [-0.15, -0.1) is 0 Å². The van der Waals surface area contributed by atoms with Gasteiger partial charge in [-0.2, -0.15) is 26.3 Å². The van der Waals surface area contributed by atoms with Crippen LogP contribution in [0.4, 0.5) is 46.8 Å². The van der Waals surface area contributed by atoms with E-state index < -0.39 is 67.0 Å². The fraction of sp³-hybridized carbons (Fsp3) is 0.400. The quantitative estimate of drug-likeness (QED) is 0.208. The largest absolute Gasteiger partial charge is 0.487 e. The fourth-order valence-electron chi connectivity index (χ4n) is 3.54. The van der Waals surface area contributed by atoms with Crippen molar-refractivity contribution in [1.82, 2.24) is 20.2 Å². The summed E-state index contributed by atoms with van der Waals surface area (Å²) in [6.07, 6.45) is -12.5. The first-order valence-corrected chi connectivity index (χ1v) is 12.8. The number of nitrogens with one attached hydrogen (secondary N) is 3. The van der Waals surface area contributed by atoms with Crippen LogP contribution < -0.4 is 20.7 Å². The second-order valence-electron chi connectivity index (χ2n) is 9.66. The Labute approximate surface area is 248 Å². The predicted molar refractivity (Wildman–Crippen MR) is 142 cm³/mol. The fourth-order valence-corrected chi connectivity index (χ4v) is 4.07. The van der Waals surface area contributed by atoms with Crippen molar-refractivity contribution in [2.24, 2.45) is 12.5 Å². The molecule has 1 heterocycles. The smallest absolute Gasteiger partial charge is 0.405 e. The van der Waals surface area contributed by atoms with Crippen molar-refractivity contribution in [1.29, 1.82) is 0 Å². The number of amides is 2. The van der Waals surface area contributed by atoms with Crippen LogP contribution in [-0.4, -0.2) is 53.3 Å². The maximum Gasteiger partial charge on any atom is 0.405 e. The minimum absolute atomic E-state index is 0.00542. The lowest BCUT2D eigenvalue weighted by molar-refractivity contribution is -0.211. The van der Waals surface area contributed by atoms with E-state index in [-0.39, 0.29) is 38.3 Å². The molecule has 0 aliphatic carbocycles. The van der Waals surface area contributed by atoms with Gasteiger partial charge in [0.25, 0.3) is 12.3 Å². The number of fused-ring (bicyclic) bond motifs is 1. The number of carbonyl (C=O) groups excluding carboxylic acids is 2. The van der Waals surface area contributed by atoms with E-state index in [1.807, 2.05) is 0 Å². The molecule has 8 nitrogen and oxygen atoms in total. The van der Waals surface area contributed by atoms with Crippen molar-refractivity contribution in [3.05, 3.63) is 45.4 Å². The molecule has 1 aromatic heterocycles. The van der Waals surface area contributed by atoms with E-state index in [1.165, 1.54) is 23.7 Å². The summed E-state index contributed by atoms with van der Waals surface area (Å²) >= 11 is 12.7. The molecule has 2 amide bonds. The van der Waals surface area contributed by atoms with Crippen LogP contribution in [0.1, 0.15) is 29.8 Å². The maximum atomic E-state index is 13.2. The second kappa shape index (κ2) is 12.6. The maximum absolute atomic E-state index is 13.2. The molecule has 18 heteroatoms. The minimum atomic E-state index is -4.81. The standard InChI is InChI=1S/C25H23Cl2F8N5O3/c1-23(2,25(33,34)35)21(42)36-8-11-4-5-13(26)19(18(11)27)39-22-38-14-6-12(20(41)37-10-24(30,31)32)16(43-9-17(28)29)7-15(14)40(22)3/h4-7,17H,8-10H2,1-3H3,(H,36,42)(H,37,41)(H,38,39). The van der Waals surface area contributed by atoms with Crippen molar-refractivity contribution in [2.45, 2.75) is 39.2 Å². The number of aromatic nitrogens is 2. The van der Waals surface area contributed by atoms with Gasteiger partial charge in [-0.25, -0.2) is 13.8 Å². The molecule has 0 aliphatic rings. The van der Waals surface area contributed by atoms with Crippen molar-refractivity contribution in [3.63, 3.8) is 0 Å². The number of carbonyl (C=O) groups is 2. The zero-order valence-corrected chi connectivity index (χ0v) is 23.9. The summed E-state index contributed by atoms with van der Waals surface area (Å²) in [6, 6.07) is 4.92. The van der Waals surface area contributed by atoms with Gasteiger partial charge in [-0.1, -0.05) is 29.3 Å². The minimum Gasteiger partial charge on any atom is -0.487 e. The number of rotatable bonds is 10. The van der Waals surface area contributed by atoms with Gasteiger partial charge in [0.1, 0.15) is 24.3 Å². The Morgan fingerprint density at radius 1 is 1.05 bits per heavy atom. The Morgan fingerprint density at radius 3 is 2.28 bits per heavy atom. The van der Waals surface area contributed by atoms with Gasteiger partial charge in [0, 0.05) is 19.7 Å². The molecule has 0 saturated heterocycles. The Morgan fingerprint density at radius 2 is 1.70 bits per heavy atom. The topological polar surface area (TPSA) is 97.3 Å². The highest BCUT2D eigenvalue weighted by Gasteiger charge is 2.52. The van der Waals surface area contributed by atoms with Gasteiger partial charge in [0.05, 0.1) is 32.3 Å². The highest BCUT2D eigenvalue weighted by molar-refractivity contribution is 6.39. The molecule has 43 heavy (non-hydrogen) atoms. The number of imidazole rings is 1. The first-order valence-electron chi connectivity index (χ1n) is 12.1. The lowest BCUT2D eigenvalue weighted by atomic mass is 9.91. The van der Waals surface area contributed by atoms with Gasteiger partial charge >= 0.3 is 12.4 Å². The number of nitrogens with zero attached hydrogens (tertiary/aromatic N) is 2. The predicted octanol–water partition coefficient (Wildman–Crippen LogP) is 6.76. The molecule has 0 aliphatic heterocycles. The number of hydrogen-bond donors (Lipinski definition) is 3. The van der Waals surface area contributed by atoms with Gasteiger partial charge in [-0.3, -0.25) is 9.59 Å². The van der Waals surface area contributed by atoms with Gasteiger partial charge < -0.3 is 25.3 Å². The van der Waals surface area contributed by atoms with Crippen LogP contribution in [0.2, 0.25) is 10.0 Å². The second-order valence-corrected chi connectivity index (χ2v) is 10.4. The number of alkyl halides is 8. The SMILES string of the molecule is Cn1c(Nc2c(Cl)ccc(CNC(=O)C(C)(C)C(F)(F)F)c2Cl)nc2cc(C(=O)NCC(F)(F)F)c(OCC(F)F)cc21. The number of aryl methyl sites for hydroxylation is 1. The zero-order chi connectivity index (χ0) is 32.5. The molecule has 0 spiro atoms. The van der Waals surface area contributed by atoms with Crippen molar-refractivity contribution in [3.8, 4) is 5.75 Å². The van der Waals surface area contributed by atoms with E-state index in [0.29, 0.717) is 0 Å². The summed E-state index contributed by atoms with van der Waals surface area (Å²) in [5.41, 5.74) is -2.72.